The number of hydrogen-bond acceptors (Lipinski definition) is 9. The predicted molar refractivity (Wildman–Crippen MR) is 177 cm³/mol. The van der Waals surface area contributed by atoms with Gasteiger partial charge in [0, 0.05) is 5.56 Å². The lowest BCUT2D eigenvalue weighted by molar-refractivity contribution is -0.147. The first-order valence-corrected chi connectivity index (χ1v) is 18.4. The van der Waals surface area contributed by atoms with Gasteiger partial charge in [-0.15, -0.1) is 0 Å². The van der Waals surface area contributed by atoms with Crippen LogP contribution in [-0.2, 0) is 25.0 Å². The van der Waals surface area contributed by atoms with Crippen molar-refractivity contribution in [3.63, 3.8) is 0 Å². The molecule has 46 heavy (non-hydrogen) atoms. The van der Waals surface area contributed by atoms with Crippen LogP contribution in [0, 0.1) is 38.5 Å². The Morgan fingerprint density at radius 2 is 1.52 bits per heavy atom. The van der Waals surface area contributed by atoms with Crippen molar-refractivity contribution in [2.45, 2.75) is 144 Å². The van der Waals surface area contributed by atoms with Gasteiger partial charge in [-0.3, -0.25) is 4.89 Å². The Hall–Kier alpha value is -2.26. The standard InChI is InChI=1S/C35H57O10P/c1-21(2)12-9-13-22(3)14-10-15-23(4)16-11-18-35(8)19-17-27-26(7)30(24(5)25(6)31(27)43-35)44-46(40,41)45-33-29(38)32(28(37)20-36)42-34(33)39/h21-23,28,32,36-38H,9-20H2,1-8H3,(H,40,41)/t22?,23?,28?,32-,35?/m1/s1. The van der Waals surface area contributed by atoms with E-state index in [2.05, 4.69) is 34.6 Å². The molecule has 0 spiro atoms. The summed E-state index contributed by atoms with van der Waals surface area (Å²) in [5.41, 5.74) is 2.57. The number of rotatable bonds is 18. The first kappa shape index (κ1) is 38.2. The van der Waals surface area contributed by atoms with Crippen molar-refractivity contribution in [3.8, 4) is 11.5 Å². The molecular formula is C35H57O10P. The molecule has 6 atom stereocenters. The molecule has 1 aromatic rings. The highest BCUT2D eigenvalue weighted by Gasteiger charge is 2.44. The van der Waals surface area contributed by atoms with Gasteiger partial charge in [-0.2, -0.15) is 0 Å². The summed E-state index contributed by atoms with van der Waals surface area (Å²) in [5.74, 6) is 0.0670. The zero-order valence-electron chi connectivity index (χ0n) is 29.1. The summed E-state index contributed by atoms with van der Waals surface area (Å²) in [4.78, 5) is 22.7. The monoisotopic (exact) mass is 668 g/mol. The molecule has 5 unspecified atom stereocenters. The highest BCUT2D eigenvalue weighted by Crippen LogP contribution is 2.52. The highest BCUT2D eigenvalue weighted by molar-refractivity contribution is 7.48. The number of phosphoric acid groups is 1. The van der Waals surface area contributed by atoms with Crippen molar-refractivity contribution >= 4 is 13.8 Å². The molecule has 2 heterocycles. The third-order valence-electron chi connectivity index (χ3n) is 9.71. The van der Waals surface area contributed by atoms with Gasteiger partial charge in [0.1, 0.15) is 23.2 Å². The summed E-state index contributed by atoms with van der Waals surface area (Å²) in [6, 6.07) is 0. The van der Waals surface area contributed by atoms with Gasteiger partial charge in [0.2, 0.25) is 0 Å². The van der Waals surface area contributed by atoms with E-state index in [0.717, 1.165) is 48.0 Å². The second-order valence-corrected chi connectivity index (χ2v) is 15.7. The Bertz CT molecular complexity index is 1290. The largest absolute Gasteiger partial charge is 0.585 e. The van der Waals surface area contributed by atoms with Crippen LogP contribution >= 0.6 is 7.82 Å². The van der Waals surface area contributed by atoms with E-state index in [1.807, 2.05) is 6.92 Å². The molecule has 2 aliphatic rings. The van der Waals surface area contributed by atoms with E-state index in [9.17, 15) is 24.5 Å². The molecule has 0 aliphatic carbocycles. The highest BCUT2D eigenvalue weighted by atomic mass is 31.2. The predicted octanol–water partition coefficient (Wildman–Crippen LogP) is 7.68. The number of benzene rings is 1. The fraction of sp³-hybridized carbons (Fsp3) is 0.743. The van der Waals surface area contributed by atoms with Crippen LogP contribution < -0.4 is 9.26 Å². The van der Waals surface area contributed by atoms with E-state index in [4.69, 9.17) is 23.6 Å². The van der Waals surface area contributed by atoms with Gasteiger partial charge >= 0.3 is 13.8 Å². The molecule has 4 N–H and O–H groups in total. The van der Waals surface area contributed by atoms with Crippen molar-refractivity contribution in [2.24, 2.45) is 17.8 Å². The molecule has 1 aromatic carbocycles. The second-order valence-electron chi connectivity index (χ2n) is 14.4. The van der Waals surface area contributed by atoms with Crippen LogP contribution in [0.15, 0.2) is 11.5 Å². The van der Waals surface area contributed by atoms with Crippen LogP contribution in [0.5, 0.6) is 11.5 Å². The summed E-state index contributed by atoms with van der Waals surface area (Å²) >= 11 is 0. The molecule has 10 nitrogen and oxygen atoms in total. The van der Waals surface area contributed by atoms with Gasteiger partial charge in [-0.05, 0) is 87.8 Å². The molecule has 3 rings (SSSR count). The number of cyclic esters (lactones) is 1. The average Bonchev–Trinajstić information content (AvgIpc) is 3.25. The quantitative estimate of drug-likeness (QED) is 0.0905. The summed E-state index contributed by atoms with van der Waals surface area (Å²) in [6.45, 7) is 16.1. The van der Waals surface area contributed by atoms with Crippen LogP contribution in [0.3, 0.4) is 0 Å². The van der Waals surface area contributed by atoms with E-state index in [1.165, 1.54) is 44.9 Å². The van der Waals surface area contributed by atoms with Gasteiger partial charge in [-0.25, -0.2) is 9.36 Å². The third kappa shape index (κ3) is 9.88. The maximum absolute atomic E-state index is 13.0. The topological polar surface area (TPSA) is 152 Å². The number of fused-ring (bicyclic) bond motifs is 1. The lowest BCUT2D eigenvalue weighted by Crippen LogP contribution is -2.37. The minimum absolute atomic E-state index is 0.135. The number of aliphatic hydroxyl groups excluding tert-OH is 3. The Morgan fingerprint density at radius 1 is 0.935 bits per heavy atom. The molecule has 0 amide bonds. The number of esters is 1. The van der Waals surface area contributed by atoms with Crippen LogP contribution in [0.1, 0.15) is 121 Å². The molecule has 262 valence electrons. The molecule has 2 aliphatic heterocycles. The molecule has 0 radical (unpaired) electrons. The average molecular weight is 669 g/mol. The SMILES string of the molecule is Cc1c(C)c2c(c(C)c1OP(=O)(O)OC1=C(O)[C@@H](C(O)CO)OC1=O)CCC(C)(CCCC(C)CCCC(C)CCCC(C)C)O2. The molecule has 0 fully saturated rings. The van der Waals surface area contributed by atoms with E-state index in [1.54, 1.807) is 13.8 Å². The molecule has 0 aromatic heterocycles. The molecular weight excluding hydrogens is 611 g/mol. The zero-order chi connectivity index (χ0) is 34.4. The van der Waals surface area contributed by atoms with Crippen LogP contribution in [0.2, 0.25) is 0 Å². The van der Waals surface area contributed by atoms with E-state index < -0.39 is 44.1 Å². The first-order valence-electron chi connectivity index (χ1n) is 16.9. The van der Waals surface area contributed by atoms with Crippen molar-refractivity contribution in [1.29, 1.82) is 0 Å². The smallest absolute Gasteiger partial charge is 0.505 e. The zero-order valence-corrected chi connectivity index (χ0v) is 30.0. The van der Waals surface area contributed by atoms with Crippen molar-refractivity contribution in [1.82, 2.24) is 0 Å². The Morgan fingerprint density at radius 3 is 2.11 bits per heavy atom. The van der Waals surface area contributed by atoms with Crippen molar-refractivity contribution < 1.29 is 48.1 Å². The summed E-state index contributed by atoms with van der Waals surface area (Å²) in [6.07, 6.45) is 9.29. The van der Waals surface area contributed by atoms with Crippen molar-refractivity contribution in [2.75, 3.05) is 6.61 Å². The Kier molecular flexibility index (Phi) is 13.5. The molecule has 11 heteroatoms. The summed E-state index contributed by atoms with van der Waals surface area (Å²) in [5, 5.41) is 29.1. The number of phosphoric ester groups is 1. The molecule has 0 saturated heterocycles. The fourth-order valence-electron chi connectivity index (χ4n) is 6.55. The Labute approximate surface area is 275 Å². The number of carbonyl (C=O) groups is 1. The van der Waals surface area contributed by atoms with Crippen LogP contribution in [0.25, 0.3) is 0 Å². The summed E-state index contributed by atoms with van der Waals surface area (Å²) in [7, 11) is -4.99. The number of aliphatic hydroxyl groups is 3. The molecule has 0 bridgehead atoms. The normalized spacial score (nSPS) is 23.0. The Balaban J connectivity index is 1.59. The molecule has 0 saturated carbocycles. The maximum Gasteiger partial charge on any atom is 0.585 e. The maximum atomic E-state index is 13.0. The van der Waals surface area contributed by atoms with Gasteiger partial charge in [0.25, 0.3) is 5.76 Å². The van der Waals surface area contributed by atoms with Gasteiger partial charge in [-0.1, -0.05) is 72.6 Å². The van der Waals surface area contributed by atoms with E-state index in [-0.39, 0.29) is 11.4 Å². The fourth-order valence-corrected chi connectivity index (χ4v) is 7.49. The first-order chi connectivity index (χ1) is 21.5. The van der Waals surface area contributed by atoms with E-state index in [0.29, 0.717) is 23.5 Å². The minimum Gasteiger partial charge on any atom is -0.505 e. The summed E-state index contributed by atoms with van der Waals surface area (Å²) < 4.78 is 34.9. The van der Waals surface area contributed by atoms with Gasteiger partial charge < -0.3 is 33.8 Å². The second kappa shape index (κ2) is 16.2. The van der Waals surface area contributed by atoms with Crippen LogP contribution in [0.4, 0.5) is 0 Å². The third-order valence-corrected chi connectivity index (χ3v) is 10.5. The lowest BCUT2D eigenvalue weighted by Gasteiger charge is -2.38. The number of hydrogen-bond donors (Lipinski definition) is 4. The van der Waals surface area contributed by atoms with Crippen LogP contribution in [-0.4, -0.2) is 50.6 Å². The van der Waals surface area contributed by atoms with Gasteiger partial charge in [0.15, 0.2) is 11.9 Å². The number of carbonyl (C=O) groups excluding carboxylic acids is 1. The van der Waals surface area contributed by atoms with Gasteiger partial charge in [0.05, 0.1) is 6.61 Å². The lowest BCUT2D eigenvalue weighted by atomic mass is 9.84. The number of ether oxygens (including phenoxy) is 2. The van der Waals surface area contributed by atoms with Crippen molar-refractivity contribution in [3.05, 3.63) is 33.8 Å². The minimum atomic E-state index is -4.99. The van der Waals surface area contributed by atoms with E-state index >= 15 is 0 Å².